The van der Waals surface area contributed by atoms with Gasteiger partial charge in [0.25, 0.3) is 0 Å². The number of nitrogens with zero attached hydrogens (tertiary/aromatic N) is 4. The van der Waals surface area contributed by atoms with Gasteiger partial charge in [0, 0.05) is 95.7 Å². The first-order valence-corrected chi connectivity index (χ1v) is 32.4. The van der Waals surface area contributed by atoms with Gasteiger partial charge >= 0.3 is 12.1 Å². The molecule has 462 valence electrons. The fraction of sp³-hybridized carbons (Fsp3) is 0.536. The van der Waals surface area contributed by atoms with Crippen LogP contribution in [0.15, 0.2) is 70.5 Å². The zero-order valence-electron chi connectivity index (χ0n) is 47.3. The Kier molecular flexibility index (Phi) is 23.4. The molecule has 6 N–H and O–H groups in total. The Labute approximate surface area is 510 Å². The first-order chi connectivity index (χ1) is 40.0. The lowest BCUT2D eigenvalue weighted by Crippen LogP contribution is -2.39. The largest absolute Gasteiger partial charge is 0.481 e. The number of benzene rings is 4. The maximum Gasteiger partial charge on any atom is 0.314 e. The van der Waals surface area contributed by atoms with Gasteiger partial charge in [-0.3, -0.25) is 9.80 Å². The van der Waals surface area contributed by atoms with E-state index in [2.05, 4.69) is 40.5 Å². The quantitative estimate of drug-likeness (QED) is 0.0315. The van der Waals surface area contributed by atoms with Crippen LogP contribution in [-0.2, 0) is 42.4 Å². The van der Waals surface area contributed by atoms with Crippen LogP contribution in [0.2, 0.25) is 20.1 Å². The van der Waals surface area contributed by atoms with E-state index >= 15 is 8.78 Å². The molecule has 4 aliphatic rings. The van der Waals surface area contributed by atoms with Crippen LogP contribution in [0.3, 0.4) is 0 Å². The van der Waals surface area contributed by atoms with E-state index in [0.717, 1.165) is 34.4 Å². The summed E-state index contributed by atoms with van der Waals surface area (Å²) in [4.78, 5) is 32.2. The first kappa shape index (κ1) is 65.6. The van der Waals surface area contributed by atoms with Crippen LogP contribution in [-0.4, -0.2) is 193 Å². The second kappa shape index (κ2) is 30.0. The van der Waals surface area contributed by atoms with Gasteiger partial charge in [0.1, 0.15) is 12.2 Å². The molecule has 0 saturated carbocycles. The van der Waals surface area contributed by atoms with Crippen molar-refractivity contribution in [2.75, 3.05) is 120 Å². The van der Waals surface area contributed by atoms with Crippen molar-refractivity contribution >= 4 is 78.5 Å². The molecular formula is C56H74Cl4F2N10O10S2. The van der Waals surface area contributed by atoms with Crippen molar-refractivity contribution in [1.82, 2.24) is 50.3 Å². The van der Waals surface area contributed by atoms with Gasteiger partial charge in [-0.15, -0.1) is 0 Å². The van der Waals surface area contributed by atoms with Gasteiger partial charge < -0.3 is 50.0 Å². The maximum absolute atomic E-state index is 15.5. The van der Waals surface area contributed by atoms with Crippen LogP contribution in [0.1, 0.15) is 60.1 Å². The average Bonchev–Trinajstić information content (AvgIpc) is 4.39. The number of ether oxygens (including phenoxy) is 4. The summed E-state index contributed by atoms with van der Waals surface area (Å²) in [5.41, 5.74) is 3.28. The minimum absolute atomic E-state index is 0.0823. The summed E-state index contributed by atoms with van der Waals surface area (Å²) in [6, 6.07) is 12.4. The van der Waals surface area contributed by atoms with E-state index in [1.54, 1.807) is 24.3 Å². The summed E-state index contributed by atoms with van der Waals surface area (Å²) in [6.45, 7) is 6.04. The first-order valence-electron chi connectivity index (χ1n) is 27.9. The van der Waals surface area contributed by atoms with E-state index in [1.807, 2.05) is 38.0 Å². The van der Waals surface area contributed by atoms with Gasteiger partial charge in [-0.2, -0.15) is 0 Å². The standard InChI is InChI=1S/C56H74Cl4F2N10O10S2/c1-69(2)49-31-41-43(25-35(57)27-45(41)59)53(49)81-51-9-7-39(29-47(51)61)83(75,76)67-37-11-17-71(33-37)19-23-79-21-15-65-55(73)63-13-5-6-14-64-56(74)66-16-22-80-24-20-72-18-12-38(34-72)68-84(77,78)40-8-10-52(48(62)30-40)82-54-44-26-36(58)28-46(60)42(44)32-50(54)70(3)4/h7-10,25-30,37-38,49-50,53-54,67-68H,5-6,11-24,31-34H2,1-4H3,(H2,63,65,73)(H2,64,66,74)/t37-,38-,49-,50-,53-,54-/m0/s1. The van der Waals surface area contributed by atoms with Crippen molar-refractivity contribution in [3.8, 4) is 11.5 Å². The number of likely N-dealkylation sites (tertiary alicyclic amines) is 2. The number of nitrogens with one attached hydrogen (secondary N) is 6. The highest BCUT2D eigenvalue weighted by atomic mass is 35.5. The smallest absolute Gasteiger partial charge is 0.314 e. The number of carbonyl (C=O) groups is 2. The van der Waals surface area contributed by atoms with Gasteiger partial charge in [-0.05, 0) is 152 Å². The average molecular weight is 1290 g/mol. The summed E-state index contributed by atoms with van der Waals surface area (Å²) in [5.74, 6) is -1.78. The molecule has 84 heavy (non-hydrogen) atoms. The molecule has 0 bridgehead atoms. The zero-order chi connectivity index (χ0) is 60.3. The molecule has 4 aromatic rings. The number of unbranched alkanes of at least 4 members (excludes halogenated alkanes) is 1. The summed E-state index contributed by atoms with van der Waals surface area (Å²) in [6.07, 6.45) is 2.43. The molecule has 0 unspecified atom stereocenters. The number of rotatable bonds is 29. The molecule has 28 heteroatoms. The Morgan fingerprint density at radius 2 is 0.964 bits per heavy atom. The molecule has 20 nitrogen and oxygen atoms in total. The Bertz CT molecular complexity index is 2970. The SMILES string of the molecule is CN(C)[C@H]1Cc2c(Cl)cc(Cl)cc2[C@@H]1Oc1ccc(S(=O)(=O)N[C@H]2CCN(CCOCCNC(=O)NCCCCNC(=O)NCCOCCN3CC[C@H](NS(=O)(=O)c4ccc(O[C@H]5c6cc(Cl)cc(Cl)c6C[C@@H]5N(C)C)c(F)c4)C3)C2)cc1F. The lowest BCUT2D eigenvalue weighted by Gasteiger charge is -2.27. The number of fused-ring (bicyclic) bond motifs is 2. The molecule has 2 heterocycles. The lowest BCUT2D eigenvalue weighted by atomic mass is 10.1. The molecule has 8 rings (SSSR count). The molecule has 2 aliphatic heterocycles. The van der Waals surface area contributed by atoms with E-state index < -0.39 is 43.9 Å². The molecule has 0 radical (unpaired) electrons. The topological polar surface area (TPSA) is 224 Å². The number of carbonyl (C=O) groups excluding carboxylic acids is 2. The molecule has 0 spiro atoms. The van der Waals surface area contributed by atoms with Crippen molar-refractivity contribution in [3.05, 3.63) is 115 Å². The summed E-state index contributed by atoms with van der Waals surface area (Å²) in [5, 5.41) is 13.0. The van der Waals surface area contributed by atoms with E-state index in [9.17, 15) is 26.4 Å². The summed E-state index contributed by atoms with van der Waals surface area (Å²) in [7, 11) is -0.488. The van der Waals surface area contributed by atoms with E-state index in [0.29, 0.717) is 124 Å². The molecule has 4 aromatic carbocycles. The highest BCUT2D eigenvalue weighted by Crippen LogP contribution is 2.44. The van der Waals surface area contributed by atoms with Gasteiger partial charge in [-0.25, -0.2) is 44.6 Å². The molecular weight excluding hydrogens is 1220 g/mol. The van der Waals surface area contributed by atoms with Crippen molar-refractivity contribution in [2.24, 2.45) is 0 Å². The molecule has 2 aliphatic carbocycles. The number of hydrogen-bond donors (Lipinski definition) is 6. The fourth-order valence-electron chi connectivity index (χ4n) is 10.9. The third-order valence-electron chi connectivity index (χ3n) is 15.3. The highest BCUT2D eigenvalue weighted by Gasteiger charge is 2.40. The lowest BCUT2D eigenvalue weighted by molar-refractivity contribution is 0.107. The van der Waals surface area contributed by atoms with Gasteiger partial charge in [0.15, 0.2) is 23.1 Å². The van der Waals surface area contributed by atoms with Crippen LogP contribution in [0.25, 0.3) is 0 Å². The number of urea groups is 2. The Hall–Kier alpha value is -4.38. The second-order valence-electron chi connectivity index (χ2n) is 21.8. The van der Waals surface area contributed by atoms with Crippen LogP contribution in [0.4, 0.5) is 18.4 Å². The molecule has 4 amide bonds. The van der Waals surface area contributed by atoms with E-state index in [-0.39, 0.29) is 83.8 Å². The summed E-state index contributed by atoms with van der Waals surface area (Å²) >= 11 is 25.5. The number of likely N-dealkylation sites (N-methyl/N-ethyl adjacent to an activating group) is 2. The van der Waals surface area contributed by atoms with Crippen LogP contribution >= 0.6 is 46.4 Å². The van der Waals surface area contributed by atoms with Gasteiger partial charge in [0.05, 0.1) is 48.3 Å². The third-order valence-corrected chi connectivity index (χ3v) is 19.5. The molecule has 2 fully saturated rings. The Balaban J connectivity index is 0.608. The molecule has 0 aromatic heterocycles. The van der Waals surface area contributed by atoms with Crippen molar-refractivity contribution < 1.29 is 54.2 Å². The molecule has 6 atom stereocenters. The van der Waals surface area contributed by atoms with Crippen molar-refractivity contribution in [1.29, 1.82) is 0 Å². The maximum atomic E-state index is 15.5. The predicted octanol–water partition coefficient (Wildman–Crippen LogP) is 6.61. The Morgan fingerprint density at radius 3 is 1.35 bits per heavy atom. The number of halogens is 6. The molecule has 2 saturated heterocycles. The number of hydrogen-bond acceptors (Lipinski definition) is 14. The van der Waals surface area contributed by atoms with E-state index in [1.165, 1.54) is 24.3 Å². The van der Waals surface area contributed by atoms with Crippen LogP contribution in [0.5, 0.6) is 11.5 Å². The highest BCUT2D eigenvalue weighted by molar-refractivity contribution is 7.89. The monoisotopic (exact) mass is 1290 g/mol. The minimum atomic E-state index is -4.04. The number of amides is 4. The third kappa shape index (κ3) is 17.7. The zero-order valence-corrected chi connectivity index (χ0v) is 52.0. The van der Waals surface area contributed by atoms with Crippen molar-refractivity contribution in [2.45, 2.75) is 84.7 Å². The second-order valence-corrected chi connectivity index (χ2v) is 26.9. The fourth-order valence-corrected chi connectivity index (χ4v) is 14.6. The summed E-state index contributed by atoms with van der Waals surface area (Å²) < 4.78 is 113. The van der Waals surface area contributed by atoms with Crippen LogP contribution < -0.4 is 40.2 Å². The number of sulfonamides is 2. The minimum Gasteiger partial charge on any atom is -0.481 e. The Morgan fingerprint density at radius 1 is 0.571 bits per heavy atom. The van der Waals surface area contributed by atoms with Gasteiger partial charge in [-0.1, -0.05) is 46.4 Å². The van der Waals surface area contributed by atoms with Gasteiger partial charge in [0.2, 0.25) is 20.0 Å². The van der Waals surface area contributed by atoms with Crippen molar-refractivity contribution in [3.63, 3.8) is 0 Å². The van der Waals surface area contributed by atoms with E-state index in [4.69, 9.17) is 65.4 Å². The van der Waals surface area contributed by atoms with Crippen LogP contribution in [0, 0.1) is 11.6 Å². The normalized spacial score (nSPS) is 20.8. The predicted molar refractivity (Wildman–Crippen MR) is 319 cm³/mol.